The first-order valence-corrected chi connectivity index (χ1v) is 9.48. The molecule has 2 aliphatic rings. The molecule has 0 bridgehead atoms. The molecule has 2 fully saturated rings. The molecule has 140 valence electrons. The molecule has 7 heteroatoms. The third-order valence-corrected chi connectivity index (χ3v) is 5.07. The van der Waals surface area contributed by atoms with Crippen molar-refractivity contribution in [1.29, 1.82) is 0 Å². The fourth-order valence-electron chi connectivity index (χ4n) is 3.69. The lowest BCUT2D eigenvalue weighted by Crippen LogP contribution is -2.47. The minimum atomic E-state index is -0.288. The number of aliphatic hydroxyl groups is 1. The van der Waals surface area contributed by atoms with Crippen LogP contribution in [-0.2, 0) is 6.54 Å². The van der Waals surface area contributed by atoms with Gasteiger partial charge in [0.05, 0.1) is 12.6 Å². The van der Waals surface area contributed by atoms with E-state index in [2.05, 4.69) is 20.1 Å². The molecule has 1 atom stereocenters. The van der Waals surface area contributed by atoms with Crippen LogP contribution in [0.4, 0.5) is 0 Å². The van der Waals surface area contributed by atoms with Gasteiger partial charge in [0.25, 0.3) is 5.91 Å². The summed E-state index contributed by atoms with van der Waals surface area (Å²) in [5.74, 6) is 0.474. The zero-order chi connectivity index (χ0) is 17.6. The van der Waals surface area contributed by atoms with Crippen LogP contribution in [0.5, 0.6) is 0 Å². The van der Waals surface area contributed by atoms with E-state index >= 15 is 0 Å². The topological polar surface area (TPSA) is 81.8 Å². The van der Waals surface area contributed by atoms with Crippen molar-refractivity contribution < 1.29 is 14.3 Å². The molecular formula is C18H30N4O3. The van der Waals surface area contributed by atoms with Crippen LogP contribution in [-0.4, -0.2) is 70.7 Å². The molecule has 1 saturated carbocycles. The van der Waals surface area contributed by atoms with E-state index in [-0.39, 0.29) is 18.1 Å². The van der Waals surface area contributed by atoms with Crippen molar-refractivity contribution in [3.63, 3.8) is 0 Å². The Kier molecular flexibility index (Phi) is 6.45. The number of hydrogen-bond donors (Lipinski definition) is 2. The van der Waals surface area contributed by atoms with Crippen molar-refractivity contribution >= 4 is 5.91 Å². The first-order valence-electron chi connectivity index (χ1n) is 9.48. The summed E-state index contributed by atoms with van der Waals surface area (Å²) in [6.45, 7) is 6.86. The maximum absolute atomic E-state index is 12.3. The Bertz CT molecular complexity index is 546. The molecule has 1 aromatic heterocycles. The third-order valence-electron chi connectivity index (χ3n) is 5.07. The largest absolute Gasteiger partial charge is 0.447 e. The molecule has 1 saturated heterocycles. The van der Waals surface area contributed by atoms with E-state index in [9.17, 15) is 9.90 Å². The van der Waals surface area contributed by atoms with Gasteiger partial charge in [-0.3, -0.25) is 14.6 Å². The molecule has 1 aliphatic heterocycles. The number of carbonyl (C=O) groups excluding carboxylic acids is 1. The van der Waals surface area contributed by atoms with Crippen LogP contribution in [0.25, 0.3) is 0 Å². The SMILES string of the molecule is CC(O)CN1CCN(Cc2nc(C(=O)NC3CCCCC3)co2)CC1. The Morgan fingerprint density at radius 1 is 1.28 bits per heavy atom. The Morgan fingerprint density at radius 2 is 1.96 bits per heavy atom. The second kappa shape index (κ2) is 8.78. The van der Waals surface area contributed by atoms with Gasteiger partial charge in [-0.1, -0.05) is 19.3 Å². The quantitative estimate of drug-likeness (QED) is 0.803. The molecule has 0 aromatic carbocycles. The predicted molar refractivity (Wildman–Crippen MR) is 94.2 cm³/mol. The van der Waals surface area contributed by atoms with Crippen LogP contribution in [0.1, 0.15) is 55.4 Å². The van der Waals surface area contributed by atoms with Gasteiger partial charge in [-0.2, -0.15) is 0 Å². The Hall–Kier alpha value is -1.44. The number of piperazine rings is 1. The highest BCUT2D eigenvalue weighted by atomic mass is 16.3. The zero-order valence-corrected chi connectivity index (χ0v) is 15.1. The summed E-state index contributed by atoms with van der Waals surface area (Å²) in [5, 5.41) is 12.5. The van der Waals surface area contributed by atoms with Crippen molar-refractivity contribution in [3.8, 4) is 0 Å². The van der Waals surface area contributed by atoms with Gasteiger partial charge in [0.1, 0.15) is 6.26 Å². The molecule has 3 rings (SSSR count). The van der Waals surface area contributed by atoms with E-state index in [1.54, 1.807) is 0 Å². The molecule has 1 aromatic rings. The van der Waals surface area contributed by atoms with E-state index in [0.717, 1.165) is 45.6 Å². The Balaban J connectivity index is 1.44. The van der Waals surface area contributed by atoms with Gasteiger partial charge in [-0.05, 0) is 19.8 Å². The monoisotopic (exact) mass is 350 g/mol. The molecule has 1 amide bonds. The van der Waals surface area contributed by atoms with Crippen molar-refractivity contribution in [1.82, 2.24) is 20.1 Å². The summed E-state index contributed by atoms with van der Waals surface area (Å²) >= 11 is 0. The van der Waals surface area contributed by atoms with Crippen LogP contribution in [0.15, 0.2) is 10.7 Å². The first-order chi connectivity index (χ1) is 12.1. The highest BCUT2D eigenvalue weighted by Gasteiger charge is 2.22. The van der Waals surface area contributed by atoms with Crippen molar-refractivity contribution in [3.05, 3.63) is 17.8 Å². The molecular weight excluding hydrogens is 320 g/mol. The molecule has 2 heterocycles. The van der Waals surface area contributed by atoms with Gasteiger partial charge >= 0.3 is 0 Å². The standard InChI is InChI=1S/C18H30N4O3/c1-14(23)11-21-7-9-22(10-8-21)12-17-20-16(13-25-17)18(24)19-15-5-3-2-4-6-15/h13-15,23H,2-12H2,1H3,(H,19,24). The third kappa shape index (κ3) is 5.52. The van der Waals surface area contributed by atoms with Gasteiger partial charge in [-0.15, -0.1) is 0 Å². The predicted octanol–water partition coefficient (Wildman–Crippen LogP) is 1.24. The average molecular weight is 350 g/mol. The van der Waals surface area contributed by atoms with E-state index < -0.39 is 0 Å². The summed E-state index contributed by atoms with van der Waals surface area (Å²) in [6.07, 6.45) is 6.96. The number of carbonyl (C=O) groups is 1. The maximum atomic E-state index is 12.3. The molecule has 1 unspecified atom stereocenters. The van der Waals surface area contributed by atoms with Gasteiger partial charge < -0.3 is 14.8 Å². The summed E-state index contributed by atoms with van der Waals surface area (Å²) in [5.41, 5.74) is 0.383. The summed E-state index contributed by atoms with van der Waals surface area (Å²) in [6, 6.07) is 0.281. The number of amides is 1. The van der Waals surface area contributed by atoms with Crippen LogP contribution in [0, 0.1) is 0 Å². The number of aliphatic hydroxyl groups excluding tert-OH is 1. The average Bonchev–Trinajstić information content (AvgIpc) is 3.06. The fraction of sp³-hybridized carbons (Fsp3) is 0.778. The molecule has 1 aliphatic carbocycles. The molecule has 0 spiro atoms. The molecule has 2 N–H and O–H groups in total. The van der Waals surface area contributed by atoms with Gasteiger partial charge in [-0.25, -0.2) is 4.98 Å². The van der Waals surface area contributed by atoms with Gasteiger partial charge in [0.2, 0.25) is 5.89 Å². The summed E-state index contributed by atoms with van der Waals surface area (Å²) < 4.78 is 5.50. The lowest BCUT2D eigenvalue weighted by Gasteiger charge is -2.34. The van der Waals surface area contributed by atoms with E-state index in [1.165, 1.54) is 25.5 Å². The van der Waals surface area contributed by atoms with E-state index in [0.29, 0.717) is 18.1 Å². The Morgan fingerprint density at radius 3 is 2.64 bits per heavy atom. The van der Waals surface area contributed by atoms with Crippen LogP contribution in [0.3, 0.4) is 0 Å². The number of hydrogen-bond acceptors (Lipinski definition) is 6. The number of β-amino-alcohol motifs (C(OH)–C–C–N with tert-alkyl or cyclic N) is 1. The van der Waals surface area contributed by atoms with Gasteiger partial charge in [0.15, 0.2) is 5.69 Å². The van der Waals surface area contributed by atoms with Crippen molar-refractivity contribution in [2.45, 2.75) is 57.7 Å². The fourth-order valence-corrected chi connectivity index (χ4v) is 3.69. The summed E-state index contributed by atoms with van der Waals surface area (Å²) in [4.78, 5) is 21.2. The van der Waals surface area contributed by atoms with Crippen LogP contribution < -0.4 is 5.32 Å². The molecule has 7 nitrogen and oxygen atoms in total. The number of rotatable bonds is 6. The first kappa shape index (κ1) is 18.4. The van der Waals surface area contributed by atoms with Gasteiger partial charge in [0, 0.05) is 38.8 Å². The van der Waals surface area contributed by atoms with Crippen LogP contribution in [0.2, 0.25) is 0 Å². The minimum Gasteiger partial charge on any atom is -0.447 e. The highest BCUT2D eigenvalue weighted by molar-refractivity contribution is 5.92. The smallest absolute Gasteiger partial charge is 0.273 e. The highest BCUT2D eigenvalue weighted by Crippen LogP contribution is 2.18. The molecule has 25 heavy (non-hydrogen) atoms. The number of aromatic nitrogens is 1. The maximum Gasteiger partial charge on any atom is 0.273 e. The normalized spacial score (nSPS) is 22.0. The van der Waals surface area contributed by atoms with E-state index in [1.807, 2.05) is 6.92 Å². The van der Waals surface area contributed by atoms with Crippen LogP contribution >= 0.6 is 0 Å². The number of oxazole rings is 1. The Labute approximate surface area is 149 Å². The minimum absolute atomic E-state index is 0.122. The van der Waals surface area contributed by atoms with Crippen molar-refractivity contribution in [2.75, 3.05) is 32.7 Å². The lowest BCUT2D eigenvalue weighted by atomic mass is 9.95. The van der Waals surface area contributed by atoms with E-state index in [4.69, 9.17) is 4.42 Å². The molecule has 0 radical (unpaired) electrons. The number of nitrogens with one attached hydrogen (secondary N) is 1. The summed E-state index contributed by atoms with van der Waals surface area (Å²) in [7, 11) is 0. The number of nitrogens with zero attached hydrogens (tertiary/aromatic N) is 3. The lowest BCUT2D eigenvalue weighted by molar-refractivity contribution is 0.0747. The van der Waals surface area contributed by atoms with Crippen molar-refractivity contribution in [2.24, 2.45) is 0 Å². The second-order valence-corrected chi connectivity index (χ2v) is 7.36. The second-order valence-electron chi connectivity index (χ2n) is 7.36. The zero-order valence-electron chi connectivity index (χ0n) is 15.1.